The van der Waals surface area contributed by atoms with E-state index in [1.807, 2.05) is 30.7 Å². The second kappa shape index (κ2) is 13.6. The highest BCUT2D eigenvalue weighted by Crippen LogP contribution is 2.39. The number of aromatic nitrogens is 2. The Morgan fingerprint density at radius 1 is 1.07 bits per heavy atom. The average molecular weight is 693 g/mol. The van der Waals surface area contributed by atoms with Gasteiger partial charge in [0.25, 0.3) is 10.0 Å². The Morgan fingerprint density at radius 3 is 2.35 bits per heavy atom. The van der Waals surface area contributed by atoms with E-state index < -0.39 is 43.8 Å². The Bertz CT molecular complexity index is 1840. The van der Waals surface area contributed by atoms with Gasteiger partial charge in [0.05, 0.1) is 28.9 Å². The number of urea groups is 1. The van der Waals surface area contributed by atoms with Crippen LogP contribution in [0, 0.1) is 17.5 Å². The van der Waals surface area contributed by atoms with E-state index in [0.717, 1.165) is 43.0 Å². The smallest absolute Gasteiger partial charge is 0.328 e. The van der Waals surface area contributed by atoms with E-state index in [1.165, 1.54) is 19.2 Å². The van der Waals surface area contributed by atoms with Crippen LogP contribution in [0.15, 0.2) is 70.8 Å². The number of carbonyl (C=O) groups excluding carboxylic acids is 1. The molecule has 46 heavy (non-hydrogen) atoms. The van der Waals surface area contributed by atoms with Gasteiger partial charge in [0.2, 0.25) is 0 Å². The Morgan fingerprint density at radius 2 is 1.72 bits per heavy atom. The quantitative estimate of drug-likeness (QED) is 0.167. The van der Waals surface area contributed by atoms with E-state index in [9.17, 15) is 17.6 Å². The number of nitrogens with one attached hydrogen (secondary N) is 2. The van der Waals surface area contributed by atoms with Gasteiger partial charge in [-0.05, 0) is 66.9 Å². The fraction of sp³-hybridized carbons (Fsp3) is 0.312. The number of hydrogen-bond acceptors (Lipinski definition) is 6. The van der Waals surface area contributed by atoms with E-state index in [0.29, 0.717) is 39.4 Å². The first kappa shape index (κ1) is 33.7. The van der Waals surface area contributed by atoms with Gasteiger partial charge in [-0.3, -0.25) is 4.57 Å². The van der Waals surface area contributed by atoms with E-state index in [1.54, 1.807) is 29.0 Å². The van der Waals surface area contributed by atoms with Crippen molar-refractivity contribution in [2.75, 3.05) is 7.11 Å². The molecule has 1 heterocycles. The van der Waals surface area contributed by atoms with Crippen molar-refractivity contribution >= 4 is 39.4 Å². The normalized spacial score (nSPS) is 14.0. The number of imidazole rings is 1. The van der Waals surface area contributed by atoms with Crippen LogP contribution < -0.4 is 14.8 Å². The SMILES string of the molecule is COc1cc(C(C)(C)c2cnc(SCc3c(F)cc(S(=O)(=O)NC(=O)NC4CCCC4)cc3F)n2-c2ccc(F)cc2)ccc1Cl. The van der Waals surface area contributed by atoms with Gasteiger partial charge >= 0.3 is 6.03 Å². The molecule has 5 rings (SSSR count). The molecule has 8 nitrogen and oxygen atoms in total. The summed E-state index contributed by atoms with van der Waals surface area (Å²) in [5.74, 6) is -2.40. The van der Waals surface area contributed by atoms with E-state index in [-0.39, 0.29) is 17.4 Å². The van der Waals surface area contributed by atoms with Gasteiger partial charge in [-0.15, -0.1) is 0 Å². The molecule has 0 aliphatic heterocycles. The summed E-state index contributed by atoms with van der Waals surface area (Å²) in [6.07, 6.45) is 4.95. The Kier molecular flexibility index (Phi) is 9.95. The van der Waals surface area contributed by atoms with Gasteiger partial charge in [-0.1, -0.05) is 56.1 Å². The molecule has 0 unspecified atom stereocenters. The summed E-state index contributed by atoms with van der Waals surface area (Å²) < 4.78 is 78.9. The minimum Gasteiger partial charge on any atom is -0.495 e. The van der Waals surface area contributed by atoms with Crippen molar-refractivity contribution in [1.82, 2.24) is 19.6 Å². The van der Waals surface area contributed by atoms with Crippen molar-refractivity contribution < 1.29 is 31.1 Å². The molecule has 0 radical (unpaired) electrons. The number of rotatable bonds is 10. The predicted octanol–water partition coefficient (Wildman–Crippen LogP) is 7.50. The summed E-state index contributed by atoms with van der Waals surface area (Å²) in [6.45, 7) is 3.92. The summed E-state index contributed by atoms with van der Waals surface area (Å²) in [5, 5.41) is 3.37. The van der Waals surface area contributed by atoms with Crippen LogP contribution in [-0.2, 0) is 21.2 Å². The number of benzene rings is 3. The van der Waals surface area contributed by atoms with Crippen LogP contribution in [0.4, 0.5) is 18.0 Å². The lowest BCUT2D eigenvalue weighted by atomic mass is 9.81. The highest BCUT2D eigenvalue weighted by Gasteiger charge is 2.31. The molecular weight excluding hydrogens is 661 g/mol. The summed E-state index contributed by atoms with van der Waals surface area (Å²) in [6, 6.07) is 11.4. The van der Waals surface area contributed by atoms with Crippen molar-refractivity contribution in [1.29, 1.82) is 0 Å². The zero-order valence-corrected chi connectivity index (χ0v) is 27.6. The average Bonchev–Trinajstić information content (AvgIpc) is 3.67. The number of nitrogens with zero attached hydrogens (tertiary/aromatic N) is 2. The Labute approximate surface area is 274 Å². The molecule has 1 aliphatic rings. The number of amides is 2. The molecule has 1 aliphatic carbocycles. The molecule has 4 aromatic rings. The first-order valence-corrected chi connectivity index (χ1v) is 17.3. The van der Waals surface area contributed by atoms with Crippen molar-refractivity contribution in [2.45, 2.75) is 66.8 Å². The van der Waals surface area contributed by atoms with Crippen LogP contribution >= 0.6 is 23.4 Å². The molecule has 244 valence electrons. The number of carbonyl (C=O) groups is 1. The third kappa shape index (κ3) is 7.16. The number of thioether (sulfide) groups is 1. The molecule has 2 amide bonds. The van der Waals surface area contributed by atoms with Crippen LogP contribution in [0.3, 0.4) is 0 Å². The molecule has 3 aromatic carbocycles. The molecule has 1 aromatic heterocycles. The van der Waals surface area contributed by atoms with Crippen LogP contribution in [-0.4, -0.2) is 37.2 Å². The summed E-state index contributed by atoms with van der Waals surface area (Å²) in [7, 11) is -3.02. The molecule has 0 spiro atoms. The van der Waals surface area contributed by atoms with Gasteiger partial charge in [0.15, 0.2) is 5.16 Å². The first-order valence-electron chi connectivity index (χ1n) is 14.4. The molecule has 1 fully saturated rings. The summed E-state index contributed by atoms with van der Waals surface area (Å²) in [4.78, 5) is 16.1. The zero-order valence-electron chi connectivity index (χ0n) is 25.2. The minimum atomic E-state index is -4.54. The number of hydrogen-bond donors (Lipinski definition) is 2. The fourth-order valence-electron chi connectivity index (χ4n) is 5.39. The third-order valence-electron chi connectivity index (χ3n) is 8.02. The number of halogens is 4. The molecule has 2 N–H and O–H groups in total. The van der Waals surface area contributed by atoms with E-state index in [4.69, 9.17) is 16.3 Å². The van der Waals surface area contributed by atoms with Gasteiger partial charge in [-0.25, -0.2) is 36.1 Å². The fourth-order valence-corrected chi connectivity index (χ4v) is 7.53. The van der Waals surface area contributed by atoms with Crippen LogP contribution in [0.5, 0.6) is 5.75 Å². The second-order valence-corrected chi connectivity index (χ2v) is 14.5. The number of sulfonamides is 1. The van der Waals surface area contributed by atoms with Gasteiger partial charge in [-0.2, -0.15) is 0 Å². The van der Waals surface area contributed by atoms with Gasteiger partial charge in [0, 0.05) is 28.5 Å². The highest BCUT2D eigenvalue weighted by molar-refractivity contribution is 7.98. The monoisotopic (exact) mass is 692 g/mol. The maximum Gasteiger partial charge on any atom is 0.328 e. The number of methoxy groups -OCH3 is 1. The topological polar surface area (TPSA) is 102 Å². The largest absolute Gasteiger partial charge is 0.495 e. The molecule has 1 saturated carbocycles. The molecule has 0 bridgehead atoms. The van der Waals surface area contributed by atoms with E-state index in [2.05, 4.69) is 10.3 Å². The Balaban J connectivity index is 1.43. The lowest BCUT2D eigenvalue weighted by Crippen LogP contribution is -2.43. The standard InChI is InChI=1S/C32H32ClF3N4O4S2/c1-32(2,19-8-13-25(33)28(14-19)44-3)29-17-37-31(40(29)22-11-9-20(34)10-12-22)45-18-24-26(35)15-23(16-27(24)36)46(42,43)39-30(41)38-21-6-4-5-7-21/h8-17,21H,4-7,18H2,1-3H3,(H2,38,39,41). The maximum atomic E-state index is 15.3. The molecule has 0 saturated heterocycles. The summed E-state index contributed by atoms with van der Waals surface area (Å²) in [5.41, 5.74) is 1.02. The van der Waals surface area contributed by atoms with Crippen LogP contribution in [0.1, 0.15) is 56.4 Å². The third-order valence-corrected chi connectivity index (χ3v) is 10.6. The number of ether oxygens (including phenoxy) is 1. The Hall–Kier alpha value is -3.68. The van der Waals surface area contributed by atoms with Crippen LogP contribution in [0.2, 0.25) is 5.02 Å². The first-order chi connectivity index (χ1) is 21.8. The molecular formula is C32H32ClF3N4O4S2. The van der Waals surface area contributed by atoms with Crippen molar-refractivity contribution in [3.05, 3.63) is 100 Å². The van der Waals surface area contributed by atoms with Crippen molar-refractivity contribution in [3.63, 3.8) is 0 Å². The second-order valence-electron chi connectivity index (χ2n) is 11.4. The van der Waals surface area contributed by atoms with Gasteiger partial charge in [0.1, 0.15) is 23.2 Å². The van der Waals surface area contributed by atoms with Crippen molar-refractivity contribution in [3.8, 4) is 11.4 Å². The molecule has 14 heteroatoms. The lowest BCUT2D eigenvalue weighted by molar-refractivity contribution is 0.242. The maximum absolute atomic E-state index is 15.3. The van der Waals surface area contributed by atoms with Gasteiger partial charge < -0.3 is 10.1 Å². The van der Waals surface area contributed by atoms with E-state index >= 15 is 8.78 Å². The van der Waals surface area contributed by atoms with Crippen molar-refractivity contribution in [2.24, 2.45) is 0 Å². The lowest BCUT2D eigenvalue weighted by Gasteiger charge is -2.28. The predicted molar refractivity (Wildman–Crippen MR) is 171 cm³/mol. The summed E-state index contributed by atoms with van der Waals surface area (Å²) >= 11 is 7.27. The minimum absolute atomic E-state index is 0.148. The van der Waals surface area contributed by atoms with Crippen LogP contribution in [0.25, 0.3) is 5.69 Å². The highest BCUT2D eigenvalue weighted by atomic mass is 35.5. The zero-order chi connectivity index (χ0) is 33.2. The molecule has 0 atom stereocenters.